The first-order valence-corrected chi connectivity index (χ1v) is 6.45. The van der Waals surface area contributed by atoms with Gasteiger partial charge in [0.05, 0.1) is 13.2 Å². The standard InChI is InChI=1S/C15H23NO/c1-15(2,3)14-6-4-5-13(11-14)12-16-7-9-17-10-8-16/h4-6,11H,7-10,12H2,1-3H3. The third kappa shape index (κ3) is 3.55. The van der Waals surface area contributed by atoms with Gasteiger partial charge in [-0.15, -0.1) is 0 Å². The van der Waals surface area contributed by atoms with Gasteiger partial charge in [-0.25, -0.2) is 0 Å². The van der Waals surface area contributed by atoms with Gasteiger partial charge in [-0.1, -0.05) is 45.0 Å². The fraction of sp³-hybridized carbons (Fsp3) is 0.600. The highest BCUT2D eigenvalue weighted by Gasteiger charge is 2.15. The van der Waals surface area contributed by atoms with Gasteiger partial charge in [0, 0.05) is 19.6 Å². The van der Waals surface area contributed by atoms with Crippen molar-refractivity contribution >= 4 is 0 Å². The zero-order valence-corrected chi connectivity index (χ0v) is 11.2. The van der Waals surface area contributed by atoms with Gasteiger partial charge >= 0.3 is 0 Å². The topological polar surface area (TPSA) is 12.5 Å². The van der Waals surface area contributed by atoms with Gasteiger partial charge in [0.25, 0.3) is 0 Å². The Hall–Kier alpha value is -0.860. The van der Waals surface area contributed by atoms with Gasteiger partial charge < -0.3 is 4.74 Å². The van der Waals surface area contributed by atoms with Crippen molar-refractivity contribution in [2.75, 3.05) is 26.3 Å². The minimum Gasteiger partial charge on any atom is -0.379 e. The van der Waals surface area contributed by atoms with Crippen LogP contribution in [0.3, 0.4) is 0 Å². The quantitative estimate of drug-likeness (QED) is 0.779. The Morgan fingerprint density at radius 2 is 1.88 bits per heavy atom. The summed E-state index contributed by atoms with van der Waals surface area (Å²) in [7, 11) is 0. The van der Waals surface area contributed by atoms with Crippen LogP contribution in [-0.4, -0.2) is 31.2 Å². The van der Waals surface area contributed by atoms with Crippen molar-refractivity contribution in [3.05, 3.63) is 35.4 Å². The zero-order chi connectivity index (χ0) is 12.3. The average molecular weight is 233 g/mol. The van der Waals surface area contributed by atoms with Crippen LogP contribution in [0.2, 0.25) is 0 Å². The lowest BCUT2D eigenvalue weighted by atomic mass is 9.86. The van der Waals surface area contributed by atoms with Crippen molar-refractivity contribution in [2.45, 2.75) is 32.7 Å². The van der Waals surface area contributed by atoms with Crippen LogP contribution >= 0.6 is 0 Å². The first-order chi connectivity index (χ1) is 8.05. The van der Waals surface area contributed by atoms with E-state index in [2.05, 4.69) is 49.9 Å². The fourth-order valence-corrected chi connectivity index (χ4v) is 2.15. The van der Waals surface area contributed by atoms with Crippen molar-refractivity contribution in [3.63, 3.8) is 0 Å². The van der Waals surface area contributed by atoms with E-state index in [-0.39, 0.29) is 5.41 Å². The number of nitrogens with zero attached hydrogens (tertiary/aromatic N) is 1. The monoisotopic (exact) mass is 233 g/mol. The van der Waals surface area contributed by atoms with Crippen LogP contribution in [0, 0.1) is 0 Å². The summed E-state index contributed by atoms with van der Waals surface area (Å²) in [6.07, 6.45) is 0. The van der Waals surface area contributed by atoms with E-state index in [1.165, 1.54) is 11.1 Å². The average Bonchev–Trinajstić information content (AvgIpc) is 2.29. The number of hydrogen-bond acceptors (Lipinski definition) is 2. The highest BCUT2D eigenvalue weighted by atomic mass is 16.5. The lowest BCUT2D eigenvalue weighted by Crippen LogP contribution is -2.35. The predicted molar refractivity (Wildman–Crippen MR) is 71.2 cm³/mol. The predicted octanol–water partition coefficient (Wildman–Crippen LogP) is 2.82. The highest BCUT2D eigenvalue weighted by molar-refractivity contribution is 5.28. The molecule has 1 aromatic carbocycles. The summed E-state index contributed by atoms with van der Waals surface area (Å²) < 4.78 is 5.37. The molecule has 0 amide bonds. The van der Waals surface area contributed by atoms with Crippen molar-refractivity contribution in [2.24, 2.45) is 0 Å². The van der Waals surface area contributed by atoms with E-state index in [0.29, 0.717) is 0 Å². The molecular weight excluding hydrogens is 210 g/mol. The normalized spacial score (nSPS) is 18.3. The molecule has 2 rings (SSSR count). The summed E-state index contributed by atoms with van der Waals surface area (Å²) in [5.74, 6) is 0. The van der Waals surface area contributed by atoms with Crippen LogP contribution in [0.4, 0.5) is 0 Å². The van der Waals surface area contributed by atoms with Crippen LogP contribution < -0.4 is 0 Å². The number of benzene rings is 1. The van der Waals surface area contributed by atoms with Crippen LogP contribution in [0.1, 0.15) is 31.9 Å². The van der Waals surface area contributed by atoms with Crippen LogP contribution in [0.15, 0.2) is 24.3 Å². The molecule has 0 N–H and O–H groups in total. The Kier molecular flexibility index (Phi) is 3.85. The number of morpholine rings is 1. The van der Waals surface area contributed by atoms with Crippen LogP contribution in [-0.2, 0) is 16.7 Å². The highest BCUT2D eigenvalue weighted by Crippen LogP contribution is 2.23. The molecule has 0 aliphatic carbocycles. The summed E-state index contributed by atoms with van der Waals surface area (Å²) in [6, 6.07) is 8.97. The van der Waals surface area contributed by atoms with Gasteiger partial charge in [-0.05, 0) is 16.5 Å². The molecule has 0 radical (unpaired) electrons. The molecule has 1 fully saturated rings. The molecule has 0 aromatic heterocycles. The van der Waals surface area contributed by atoms with Gasteiger partial charge in [0.15, 0.2) is 0 Å². The second-order valence-electron chi connectivity index (χ2n) is 5.84. The Balaban J connectivity index is 2.05. The Bertz CT molecular complexity index is 361. The lowest BCUT2D eigenvalue weighted by Gasteiger charge is -2.27. The van der Waals surface area contributed by atoms with Crippen molar-refractivity contribution in [3.8, 4) is 0 Å². The van der Waals surface area contributed by atoms with Crippen molar-refractivity contribution in [1.29, 1.82) is 0 Å². The Labute approximate surface area is 105 Å². The maximum atomic E-state index is 5.37. The lowest BCUT2D eigenvalue weighted by molar-refractivity contribution is 0.0342. The Morgan fingerprint density at radius 3 is 2.53 bits per heavy atom. The zero-order valence-electron chi connectivity index (χ0n) is 11.2. The smallest absolute Gasteiger partial charge is 0.0594 e. The SMILES string of the molecule is CC(C)(C)c1cccc(CN2CCOCC2)c1. The summed E-state index contributed by atoms with van der Waals surface area (Å²) in [5.41, 5.74) is 3.07. The molecule has 1 aliphatic heterocycles. The van der Waals surface area contributed by atoms with E-state index >= 15 is 0 Å². The number of rotatable bonds is 2. The molecule has 1 aromatic rings. The molecule has 1 saturated heterocycles. The first-order valence-electron chi connectivity index (χ1n) is 6.45. The number of hydrogen-bond donors (Lipinski definition) is 0. The molecule has 1 aliphatic rings. The summed E-state index contributed by atoms with van der Waals surface area (Å²) >= 11 is 0. The summed E-state index contributed by atoms with van der Waals surface area (Å²) in [4.78, 5) is 2.46. The van der Waals surface area contributed by atoms with Gasteiger partial charge in [0.1, 0.15) is 0 Å². The molecule has 0 saturated carbocycles. The number of ether oxygens (including phenoxy) is 1. The van der Waals surface area contributed by atoms with Gasteiger partial charge in [-0.2, -0.15) is 0 Å². The second kappa shape index (κ2) is 5.19. The van der Waals surface area contributed by atoms with Crippen LogP contribution in [0.25, 0.3) is 0 Å². The largest absolute Gasteiger partial charge is 0.379 e. The molecule has 0 spiro atoms. The molecule has 2 nitrogen and oxygen atoms in total. The third-order valence-corrected chi connectivity index (χ3v) is 3.30. The minimum absolute atomic E-state index is 0.237. The van der Waals surface area contributed by atoms with Crippen molar-refractivity contribution in [1.82, 2.24) is 4.90 Å². The minimum atomic E-state index is 0.237. The van der Waals surface area contributed by atoms with E-state index in [1.54, 1.807) is 0 Å². The second-order valence-corrected chi connectivity index (χ2v) is 5.84. The maximum Gasteiger partial charge on any atom is 0.0594 e. The maximum absolute atomic E-state index is 5.37. The molecule has 94 valence electrons. The summed E-state index contributed by atoms with van der Waals surface area (Å²) in [5, 5.41) is 0. The van der Waals surface area contributed by atoms with E-state index in [0.717, 1.165) is 32.8 Å². The van der Waals surface area contributed by atoms with Crippen LogP contribution in [0.5, 0.6) is 0 Å². The van der Waals surface area contributed by atoms with Gasteiger partial charge in [0.2, 0.25) is 0 Å². The van der Waals surface area contributed by atoms with Gasteiger partial charge in [-0.3, -0.25) is 4.90 Å². The van der Waals surface area contributed by atoms with E-state index in [1.807, 2.05) is 0 Å². The van der Waals surface area contributed by atoms with E-state index in [4.69, 9.17) is 4.74 Å². The van der Waals surface area contributed by atoms with Crippen molar-refractivity contribution < 1.29 is 4.74 Å². The molecule has 0 unspecified atom stereocenters. The Morgan fingerprint density at radius 1 is 1.18 bits per heavy atom. The molecule has 0 atom stereocenters. The van der Waals surface area contributed by atoms with E-state index < -0.39 is 0 Å². The molecule has 0 bridgehead atoms. The fourth-order valence-electron chi connectivity index (χ4n) is 2.15. The molecule has 17 heavy (non-hydrogen) atoms. The third-order valence-electron chi connectivity index (χ3n) is 3.30. The molecule has 1 heterocycles. The molecular formula is C15H23NO. The summed E-state index contributed by atoms with van der Waals surface area (Å²) in [6.45, 7) is 11.7. The molecule has 2 heteroatoms. The first kappa shape index (κ1) is 12.6. The van der Waals surface area contributed by atoms with E-state index in [9.17, 15) is 0 Å².